The van der Waals surface area contributed by atoms with Gasteiger partial charge in [0.05, 0.1) is 12.5 Å². The number of carboxylic acids is 1. The molecular weight excluding hydrogens is 448 g/mol. The fraction of sp³-hybridized carbons (Fsp3) is 0.444. The second kappa shape index (κ2) is 10.1. The van der Waals surface area contributed by atoms with E-state index in [-0.39, 0.29) is 31.6 Å². The molecule has 0 bridgehead atoms. The SMILES string of the molecule is COCC1(C(=O)O)CCN(C(=O)C(C)C(C)NC(=O)OCC2c3ccccc3-c3ccccc32)C1. The van der Waals surface area contributed by atoms with Gasteiger partial charge in [0.1, 0.15) is 12.0 Å². The number of hydrogen-bond acceptors (Lipinski definition) is 5. The summed E-state index contributed by atoms with van der Waals surface area (Å²) < 4.78 is 10.7. The van der Waals surface area contributed by atoms with Gasteiger partial charge in [0.25, 0.3) is 0 Å². The van der Waals surface area contributed by atoms with Gasteiger partial charge in [0.15, 0.2) is 0 Å². The van der Waals surface area contributed by atoms with E-state index < -0.39 is 29.4 Å². The normalized spacial score (nSPS) is 20.6. The average Bonchev–Trinajstić information content (AvgIpc) is 3.42. The largest absolute Gasteiger partial charge is 0.481 e. The van der Waals surface area contributed by atoms with Crippen molar-refractivity contribution in [3.8, 4) is 11.1 Å². The summed E-state index contributed by atoms with van der Waals surface area (Å²) in [5, 5.41) is 12.4. The molecule has 0 saturated carbocycles. The first-order valence-electron chi connectivity index (χ1n) is 11.9. The molecule has 2 N–H and O–H groups in total. The summed E-state index contributed by atoms with van der Waals surface area (Å²) in [7, 11) is 1.46. The van der Waals surface area contributed by atoms with Crippen LogP contribution in [0, 0.1) is 11.3 Å². The number of fused-ring (bicyclic) bond motifs is 3. The molecule has 2 aromatic rings. The molecular formula is C27H32N2O6. The lowest BCUT2D eigenvalue weighted by atomic mass is 9.88. The van der Waals surface area contributed by atoms with Crippen LogP contribution in [-0.2, 0) is 19.1 Å². The van der Waals surface area contributed by atoms with E-state index in [4.69, 9.17) is 9.47 Å². The molecule has 8 nitrogen and oxygen atoms in total. The van der Waals surface area contributed by atoms with Crippen LogP contribution in [0.25, 0.3) is 11.1 Å². The summed E-state index contributed by atoms with van der Waals surface area (Å²) in [6.45, 7) is 4.16. The molecule has 2 aliphatic rings. The molecule has 0 radical (unpaired) electrons. The highest BCUT2D eigenvalue weighted by Crippen LogP contribution is 2.44. The van der Waals surface area contributed by atoms with E-state index in [2.05, 4.69) is 29.6 Å². The van der Waals surface area contributed by atoms with Gasteiger partial charge in [-0.2, -0.15) is 0 Å². The van der Waals surface area contributed by atoms with E-state index in [0.29, 0.717) is 13.0 Å². The number of aliphatic carboxylic acids is 1. The number of rotatable bonds is 8. The third-order valence-corrected chi connectivity index (χ3v) is 7.37. The molecule has 1 heterocycles. The van der Waals surface area contributed by atoms with Crippen LogP contribution in [0.2, 0.25) is 0 Å². The highest BCUT2D eigenvalue weighted by Gasteiger charge is 2.47. The Kier molecular flexibility index (Phi) is 7.12. The lowest BCUT2D eigenvalue weighted by Gasteiger charge is -2.27. The topological polar surface area (TPSA) is 105 Å². The number of ether oxygens (including phenoxy) is 2. The smallest absolute Gasteiger partial charge is 0.407 e. The number of carbonyl (C=O) groups excluding carboxylic acids is 2. The Morgan fingerprint density at radius 3 is 2.26 bits per heavy atom. The Morgan fingerprint density at radius 2 is 1.69 bits per heavy atom. The van der Waals surface area contributed by atoms with Crippen molar-refractivity contribution in [2.75, 3.05) is 33.4 Å². The number of likely N-dealkylation sites (tertiary alicyclic amines) is 1. The van der Waals surface area contributed by atoms with Crippen molar-refractivity contribution in [1.29, 1.82) is 0 Å². The van der Waals surface area contributed by atoms with Crippen LogP contribution in [0.15, 0.2) is 48.5 Å². The molecule has 1 aliphatic heterocycles. The zero-order chi connectivity index (χ0) is 25.2. The molecule has 8 heteroatoms. The Labute approximate surface area is 205 Å². The zero-order valence-corrected chi connectivity index (χ0v) is 20.3. The van der Waals surface area contributed by atoms with E-state index in [1.165, 1.54) is 7.11 Å². The van der Waals surface area contributed by atoms with E-state index in [0.717, 1.165) is 22.3 Å². The molecule has 186 valence electrons. The Balaban J connectivity index is 1.34. The summed E-state index contributed by atoms with van der Waals surface area (Å²) in [5.41, 5.74) is 3.48. The minimum atomic E-state index is -1.09. The predicted molar refractivity (Wildman–Crippen MR) is 130 cm³/mol. The third-order valence-electron chi connectivity index (χ3n) is 7.37. The van der Waals surface area contributed by atoms with E-state index in [1.54, 1.807) is 18.7 Å². The third kappa shape index (κ3) is 4.75. The van der Waals surface area contributed by atoms with Crippen molar-refractivity contribution in [3.63, 3.8) is 0 Å². The Hall–Kier alpha value is -3.39. The number of nitrogens with one attached hydrogen (secondary N) is 1. The summed E-state index contributed by atoms with van der Waals surface area (Å²) in [6.07, 6.45) is -0.247. The molecule has 0 spiro atoms. The number of nitrogens with zero attached hydrogens (tertiary/aromatic N) is 1. The lowest BCUT2D eigenvalue weighted by Crippen LogP contribution is -2.47. The molecule has 4 rings (SSSR count). The van der Waals surface area contributed by atoms with Crippen LogP contribution < -0.4 is 5.32 Å². The summed E-state index contributed by atoms with van der Waals surface area (Å²) >= 11 is 0. The van der Waals surface area contributed by atoms with Crippen molar-refractivity contribution in [2.45, 2.75) is 32.2 Å². The van der Waals surface area contributed by atoms with Crippen molar-refractivity contribution in [3.05, 3.63) is 59.7 Å². The first-order valence-corrected chi connectivity index (χ1v) is 11.9. The Bertz CT molecular complexity index is 1070. The van der Waals surface area contributed by atoms with E-state index in [9.17, 15) is 19.5 Å². The molecule has 35 heavy (non-hydrogen) atoms. The first-order chi connectivity index (χ1) is 16.8. The highest BCUT2D eigenvalue weighted by molar-refractivity contribution is 5.83. The molecule has 1 saturated heterocycles. The second-order valence-corrected chi connectivity index (χ2v) is 9.58. The standard InChI is InChI=1S/C27H32N2O6/c1-17(24(30)29-13-12-27(15-29,16-34-3)25(31)32)18(2)28-26(33)35-14-23-21-10-6-4-8-19(21)20-9-5-7-11-22(20)23/h4-11,17-18,23H,12-16H2,1-3H3,(H,28,33)(H,31,32). The van der Waals surface area contributed by atoms with Crippen LogP contribution >= 0.6 is 0 Å². The fourth-order valence-corrected chi connectivity index (χ4v) is 5.14. The Morgan fingerprint density at radius 1 is 1.09 bits per heavy atom. The number of benzene rings is 2. The van der Waals surface area contributed by atoms with Crippen LogP contribution in [0.4, 0.5) is 4.79 Å². The van der Waals surface area contributed by atoms with Gasteiger partial charge in [0.2, 0.25) is 5.91 Å². The monoisotopic (exact) mass is 480 g/mol. The van der Waals surface area contributed by atoms with Gasteiger partial charge in [-0.1, -0.05) is 55.5 Å². The molecule has 3 unspecified atom stereocenters. The maximum atomic E-state index is 13.0. The van der Waals surface area contributed by atoms with Crippen molar-refractivity contribution in [1.82, 2.24) is 10.2 Å². The summed E-state index contributed by atoms with van der Waals surface area (Å²) in [6, 6.07) is 15.8. The number of amides is 2. The van der Waals surface area contributed by atoms with E-state index in [1.807, 2.05) is 24.3 Å². The van der Waals surface area contributed by atoms with Gasteiger partial charge in [-0.25, -0.2) is 4.79 Å². The second-order valence-electron chi connectivity index (χ2n) is 9.58. The van der Waals surface area contributed by atoms with Gasteiger partial charge in [-0.15, -0.1) is 0 Å². The van der Waals surface area contributed by atoms with Crippen LogP contribution in [0.1, 0.15) is 37.3 Å². The molecule has 2 aromatic carbocycles. The number of methoxy groups -OCH3 is 1. The summed E-state index contributed by atoms with van der Waals surface area (Å²) in [5.74, 6) is -1.75. The lowest BCUT2D eigenvalue weighted by molar-refractivity contribution is -0.151. The number of hydrogen-bond donors (Lipinski definition) is 2. The zero-order valence-electron chi connectivity index (χ0n) is 20.3. The predicted octanol–water partition coefficient (Wildman–Crippen LogP) is 3.50. The fourth-order valence-electron chi connectivity index (χ4n) is 5.14. The summed E-state index contributed by atoms with van der Waals surface area (Å²) in [4.78, 5) is 39.0. The van der Waals surface area contributed by atoms with Gasteiger partial charge in [-0.3, -0.25) is 9.59 Å². The van der Waals surface area contributed by atoms with Crippen LogP contribution in [-0.4, -0.2) is 67.4 Å². The van der Waals surface area contributed by atoms with Gasteiger partial charge >= 0.3 is 12.1 Å². The average molecular weight is 481 g/mol. The van der Waals surface area contributed by atoms with E-state index >= 15 is 0 Å². The number of carbonyl (C=O) groups is 3. The number of carboxylic acid groups (broad SMARTS) is 1. The van der Waals surface area contributed by atoms with Crippen molar-refractivity contribution >= 4 is 18.0 Å². The minimum Gasteiger partial charge on any atom is -0.481 e. The molecule has 1 aliphatic carbocycles. The quantitative estimate of drug-likeness (QED) is 0.599. The number of alkyl carbamates (subject to hydrolysis) is 1. The first kappa shape index (κ1) is 24.7. The van der Waals surface area contributed by atoms with Crippen molar-refractivity contribution in [2.24, 2.45) is 11.3 Å². The minimum absolute atomic E-state index is 0.0444. The molecule has 2 amide bonds. The van der Waals surface area contributed by atoms with Crippen LogP contribution in [0.5, 0.6) is 0 Å². The maximum Gasteiger partial charge on any atom is 0.407 e. The van der Waals surface area contributed by atoms with Gasteiger partial charge in [-0.05, 0) is 35.6 Å². The molecule has 0 aromatic heterocycles. The molecule has 1 fully saturated rings. The van der Waals surface area contributed by atoms with Gasteiger partial charge < -0.3 is 24.8 Å². The van der Waals surface area contributed by atoms with Crippen LogP contribution in [0.3, 0.4) is 0 Å². The van der Waals surface area contributed by atoms with Gasteiger partial charge in [0, 0.05) is 32.2 Å². The van der Waals surface area contributed by atoms with Crippen molar-refractivity contribution < 1.29 is 29.0 Å². The highest BCUT2D eigenvalue weighted by atomic mass is 16.5. The maximum absolute atomic E-state index is 13.0. The molecule has 3 atom stereocenters.